The van der Waals surface area contributed by atoms with Gasteiger partial charge in [-0.05, 0) is 48.9 Å². The first-order valence-corrected chi connectivity index (χ1v) is 10.8. The van der Waals surface area contributed by atoms with Crippen molar-refractivity contribution in [2.24, 2.45) is 0 Å². The number of hydrogen-bond donors (Lipinski definition) is 1. The zero-order valence-electron chi connectivity index (χ0n) is 19.6. The van der Waals surface area contributed by atoms with Crippen molar-refractivity contribution in [1.29, 1.82) is 0 Å². The minimum atomic E-state index is -0.925. The van der Waals surface area contributed by atoms with E-state index in [0.717, 1.165) is 24.2 Å². The Morgan fingerprint density at radius 2 is 1.53 bits per heavy atom. The third-order valence-corrected chi connectivity index (χ3v) is 4.99. The third kappa shape index (κ3) is 7.07. The summed E-state index contributed by atoms with van der Waals surface area (Å²) in [5.41, 5.74) is 2.63. The second-order valence-electron chi connectivity index (χ2n) is 8.08. The van der Waals surface area contributed by atoms with Crippen molar-refractivity contribution in [3.63, 3.8) is 0 Å². The van der Waals surface area contributed by atoms with Gasteiger partial charge >= 0.3 is 5.97 Å². The molecule has 174 valence electrons. The van der Waals surface area contributed by atoms with Crippen molar-refractivity contribution in [3.05, 3.63) is 59.2 Å². The van der Waals surface area contributed by atoms with Gasteiger partial charge in [0.05, 0.1) is 12.2 Å². The zero-order chi connectivity index (χ0) is 23.7. The number of unbranched alkanes of at least 4 members (excludes halogenated alkanes) is 1. The van der Waals surface area contributed by atoms with Crippen molar-refractivity contribution in [2.45, 2.75) is 25.9 Å². The predicted molar refractivity (Wildman–Crippen MR) is 127 cm³/mol. The van der Waals surface area contributed by atoms with Crippen molar-refractivity contribution in [1.82, 2.24) is 0 Å². The van der Waals surface area contributed by atoms with Crippen LogP contribution in [0.1, 0.15) is 46.0 Å². The molecule has 2 rings (SSSR count). The third-order valence-electron chi connectivity index (χ3n) is 4.99. The van der Waals surface area contributed by atoms with E-state index in [-0.39, 0.29) is 30.1 Å². The second-order valence-corrected chi connectivity index (χ2v) is 8.08. The van der Waals surface area contributed by atoms with Crippen LogP contribution in [0.4, 0.5) is 11.4 Å². The Hall–Kier alpha value is -2.90. The Balaban J connectivity index is 2.19. The van der Waals surface area contributed by atoms with Crippen LogP contribution in [0.2, 0.25) is 0 Å². The Morgan fingerprint density at radius 3 is 2.12 bits per heavy atom. The van der Waals surface area contributed by atoms with Crippen molar-refractivity contribution in [3.8, 4) is 0 Å². The molecule has 0 fully saturated rings. The lowest BCUT2D eigenvalue weighted by atomic mass is 9.97. The standard InChI is InChI=1S/C25H34N2O5/c1-6-7-14-31-16-21(28)17-32-25(30)23-15-20(27(4)5)12-13-22(23)24(29)18-8-10-19(11-9-18)26(2)3/h8-13,15,21,28H,6-7,14,16-17H2,1-5H3. The summed E-state index contributed by atoms with van der Waals surface area (Å²) < 4.78 is 10.7. The summed E-state index contributed by atoms with van der Waals surface area (Å²) in [6, 6.07) is 12.2. The highest BCUT2D eigenvalue weighted by atomic mass is 16.5. The minimum Gasteiger partial charge on any atom is -0.459 e. The van der Waals surface area contributed by atoms with Gasteiger partial charge in [-0.15, -0.1) is 0 Å². The summed E-state index contributed by atoms with van der Waals surface area (Å²) in [4.78, 5) is 29.8. The number of benzene rings is 2. The molecule has 0 aliphatic carbocycles. The number of ether oxygens (including phenoxy) is 2. The fourth-order valence-electron chi connectivity index (χ4n) is 3.01. The smallest absolute Gasteiger partial charge is 0.339 e. The fraction of sp³-hybridized carbons (Fsp3) is 0.440. The van der Waals surface area contributed by atoms with Crippen LogP contribution in [0.15, 0.2) is 42.5 Å². The topological polar surface area (TPSA) is 79.3 Å². The molecular formula is C25H34N2O5. The van der Waals surface area contributed by atoms with Gasteiger partial charge in [0, 0.05) is 57.3 Å². The van der Waals surface area contributed by atoms with E-state index in [1.54, 1.807) is 30.3 Å². The first kappa shape index (κ1) is 25.4. The molecule has 1 unspecified atom stereocenters. The van der Waals surface area contributed by atoms with Crippen molar-refractivity contribution < 1.29 is 24.2 Å². The van der Waals surface area contributed by atoms with E-state index in [0.29, 0.717) is 12.2 Å². The molecule has 0 aromatic heterocycles. The van der Waals surface area contributed by atoms with Crippen LogP contribution < -0.4 is 9.80 Å². The molecule has 0 amide bonds. The quantitative estimate of drug-likeness (QED) is 0.307. The molecule has 0 radical (unpaired) electrons. The number of esters is 1. The van der Waals surface area contributed by atoms with E-state index < -0.39 is 12.1 Å². The average Bonchev–Trinajstić information content (AvgIpc) is 2.79. The highest BCUT2D eigenvalue weighted by Crippen LogP contribution is 2.23. The largest absolute Gasteiger partial charge is 0.459 e. The van der Waals surface area contributed by atoms with Crippen LogP contribution in [-0.2, 0) is 9.47 Å². The van der Waals surface area contributed by atoms with E-state index in [4.69, 9.17) is 9.47 Å². The minimum absolute atomic E-state index is 0.0923. The van der Waals surface area contributed by atoms with Crippen LogP contribution >= 0.6 is 0 Å². The summed E-state index contributed by atoms with van der Waals surface area (Å²) >= 11 is 0. The summed E-state index contributed by atoms with van der Waals surface area (Å²) in [6.07, 6.45) is 0.984. The summed E-state index contributed by atoms with van der Waals surface area (Å²) in [5.74, 6) is -0.925. The fourth-order valence-corrected chi connectivity index (χ4v) is 3.01. The van der Waals surface area contributed by atoms with Gasteiger partial charge in [0.25, 0.3) is 0 Å². The van der Waals surface area contributed by atoms with Gasteiger partial charge in [-0.25, -0.2) is 4.79 Å². The van der Waals surface area contributed by atoms with Gasteiger partial charge < -0.3 is 24.4 Å². The van der Waals surface area contributed by atoms with E-state index in [1.165, 1.54) is 0 Å². The maximum atomic E-state index is 13.2. The molecule has 0 bridgehead atoms. The number of nitrogens with zero attached hydrogens (tertiary/aromatic N) is 2. The van der Waals surface area contributed by atoms with Crippen LogP contribution in [0, 0.1) is 0 Å². The van der Waals surface area contributed by atoms with Crippen LogP contribution in [0.25, 0.3) is 0 Å². The Labute approximate surface area is 190 Å². The summed E-state index contributed by atoms with van der Waals surface area (Å²) in [7, 11) is 7.55. The Bertz CT molecular complexity index is 894. The lowest BCUT2D eigenvalue weighted by Gasteiger charge is -2.17. The number of hydrogen-bond acceptors (Lipinski definition) is 7. The number of aliphatic hydroxyl groups excluding tert-OH is 1. The molecule has 32 heavy (non-hydrogen) atoms. The maximum Gasteiger partial charge on any atom is 0.339 e. The SMILES string of the molecule is CCCCOCC(O)COC(=O)c1cc(N(C)C)ccc1C(=O)c1ccc(N(C)C)cc1. The van der Waals surface area contributed by atoms with E-state index in [2.05, 4.69) is 6.92 Å². The zero-order valence-corrected chi connectivity index (χ0v) is 19.6. The molecule has 0 saturated heterocycles. The van der Waals surface area contributed by atoms with Gasteiger partial charge in [-0.3, -0.25) is 4.79 Å². The molecule has 0 heterocycles. The van der Waals surface area contributed by atoms with Crippen LogP contribution in [0.3, 0.4) is 0 Å². The van der Waals surface area contributed by atoms with Crippen LogP contribution in [0.5, 0.6) is 0 Å². The van der Waals surface area contributed by atoms with E-state index in [9.17, 15) is 14.7 Å². The van der Waals surface area contributed by atoms with Crippen LogP contribution in [-0.4, -0.2) is 71.0 Å². The number of aliphatic hydroxyl groups is 1. The molecule has 2 aromatic carbocycles. The first-order chi connectivity index (χ1) is 15.2. The molecular weight excluding hydrogens is 408 g/mol. The molecule has 0 aliphatic heterocycles. The lowest BCUT2D eigenvalue weighted by Crippen LogP contribution is -2.25. The number of carbonyl (C=O) groups is 2. The Morgan fingerprint density at radius 1 is 0.906 bits per heavy atom. The maximum absolute atomic E-state index is 13.2. The first-order valence-electron chi connectivity index (χ1n) is 10.8. The van der Waals surface area contributed by atoms with Gasteiger partial charge in [0.2, 0.25) is 0 Å². The molecule has 1 atom stereocenters. The van der Waals surface area contributed by atoms with Gasteiger partial charge in [-0.1, -0.05) is 13.3 Å². The predicted octanol–water partition coefficient (Wildman–Crippen LogP) is 3.38. The number of carbonyl (C=O) groups excluding carboxylic acids is 2. The average molecular weight is 443 g/mol. The normalized spacial score (nSPS) is 11.7. The molecule has 7 nitrogen and oxygen atoms in total. The molecule has 0 spiro atoms. The summed E-state index contributed by atoms with van der Waals surface area (Å²) in [5, 5.41) is 10.0. The monoisotopic (exact) mass is 442 g/mol. The molecule has 7 heteroatoms. The lowest BCUT2D eigenvalue weighted by molar-refractivity contribution is -0.0113. The molecule has 0 saturated carbocycles. The summed E-state index contributed by atoms with van der Waals surface area (Å²) in [6.45, 7) is 2.49. The van der Waals surface area contributed by atoms with Gasteiger partial charge in [-0.2, -0.15) is 0 Å². The number of ketones is 1. The van der Waals surface area contributed by atoms with Crippen molar-refractivity contribution in [2.75, 3.05) is 57.8 Å². The highest BCUT2D eigenvalue weighted by Gasteiger charge is 2.22. The van der Waals surface area contributed by atoms with Gasteiger partial charge in [0.15, 0.2) is 5.78 Å². The van der Waals surface area contributed by atoms with E-state index >= 15 is 0 Å². The number of rotatable bonds is 12. The van der Waals surface area contributed by atoms with Gasteiger partial charge in [0.1, 0.15) is 12.7 Å². The van der Waals surface area contributed by atoms with E-state index in [1.807, 2.05) is 50.1 Å². The Kier molecular flexibility index (Phi) is 9.68. The molecule has 1 N–H and O–H groups in total. The molecule has 2 aromatic rings. The number of anilines is 2. The van der Waals surface area contributed by atoms with Crippen molar-refractivity contribution >= 4 is 23.1 Å². The molecule has 0 aliphatic rings. The highest BCUT2D eigenvalue weighted by molar-refractivity contribution is 6.15. The second kappa shape index (κ2) is 12.2.